The Morgan fingerprint density at radius 2 is 2.24 bits per heavy atom. The van der Waals surface area contributed by atoms with E-state index in [-0.39, 0.29) is 6.42 Å². The lowest BCUT2D eigenvalue weighted by Gasteiger charge is -2.10. The molecule has 0 heterocycles. The molecule has 0 saturated heterocycles. The molecule has 17 heavy (non-hydrogen) atoms. The fourth-order valence-electron chi connectivity index (χ4n) is 1.22. The molecule has 5 nitrogen and oxygen atoms in total. The van der Waals surface area contributed by atoms with Gasteiger partial charge in [-0.1, -0.05) is 6.07 Å². The first-order chi connectivity index (χ1) is 8.02. The van der Waals surface area contributed by atoms with Crippen molar-refractivity contribution in [2.75, 3.05) is 11.6 Å². The number of anilines is 1. The van der Waals surface area contributed by atoms with Crippen LogP contribution in [-0.4, -0.2) is 29.3 Å². The molecule has 1 atom stereocenters. The van der Waals surface area contributed by atoms with E-state index in [1.807, 2.05) is 18.4 Å². The van der Waals surface area contributed by atoms with Gasteiger partial charge in [0, 0.05) is 10.6 Å². The van der Waals surface area contributed by atoms with Crippen LogP contribution in [-0.2, 0) is 9.59 Å². The number of thioether (sulfide) groups is 1. The summed E-state index contributed by atoms with van der Waals surface area (Å²) in [5.74, 6) is -1.59. The molecule has 0 aliphatic rings. The van der Waals surface area contributed by atoms with Crippen LogP contribution < -0.4 is 11.1 Å². The maximum absolute atomic E-state index is 11.5. The lowest BCUT2D eigenvalue weighted by Crippen LogP contribution is -2.37. The highest BCUT2D eigenvalue weighted by molar-refractivity contribution is 7.98. The molecule has 0 radical (unpaired) electrons. The highest BCUT2D eigenvalue weighted by Crippen LogP contribution is 2.18. The summed E-state index contributed by atoms with van der Waals surface area (Å²) in [7, 11) is 0. The van der Waals surface area contributed by atoms with Crippen LogP contribution in [0.1, 0.15) is 6.42 Å². The minimum atomic E-state index is -1.09. The smallest absolute Gasteiger partial charge is 0.305 e. The Balaban J connectivity index is 2.64. The average molecular weight is 254 g/mol. The summed E-state index contributed by atoms with van der Waals surface area (Å²) in [5.41, 5.74) is 6.05. The number of rotatable bonds is 5. The van der Waals surface area contributed by atoms with Crippen molar-refractivity contribution in [2.24, 2.45) is 5.73 Å². The average Bonchev–Trinajstić information content (AvgIpc) is 2.28. The largest absolute Gasteiger partial charge is 0.481 e. The normalized spacial score (nSPS) is 11.9. The van der Waals surface area contributed by atoms with Gasteiger partial charge in [0.25, 0.3) is 0 Å². The zero-order valence-corrected chi connectivity index (χ0v) is 10.2. The van der Waals surface area contributed by atoms with Gasteiger partial charge in [-0.2, -0.15) is 0 Å². The number of hydrogen-bond acceptors (Lipinski definition) is 4. The van der Waals surface area contributed by atoms with Crippen molar-refractivity contribution in [2.45, 2.75) is 17.4 Å². The van der Waals surface area contributed by atoms with Crippen molar-refractivity contribution in [3.8, 4) is 0 Å². The molecular formula is C11H14N2O3S. The number of nitrogens with one attached hydrogen (secondary N) is 1. The summed E-state index contributed by atoms with van der Waals surface area (Å²) < 4.78 is 0. The Hall–Kier alpha value is -1.53. The van der Waals surface area contributed by atoms with Gasteiger partial charge < -0.3 is 16.2 Å². The summed E-state index contributed by atoms with van der Waals surface area (Å²) in [6, 6.07) is 6.22. The van der Waals surface area contributed by atoms with Gasteiger partial charge >= 0.3 is 5.97 Å². The van der Waals surface area contributed by atoms with Crippen molar-refractivity contribution >= 4 is 29.3 Å². The summed E-state index contributed by atoms with van der Waals surface area (Å²) in [4.78, 5) is 23.0. The van der Waals surface area contributed by atoms with Crippen LogP contribution in [0.3, 0.4) is 0 Å². The van der Waals surface area contributed by atoms with E-state index in [2.05, 4.69) is 5.32 Å². The number of nitrogens with two attached hydrogens (primary N) is 1. The highest BCUT2D eigenvalue weighted by atomic mass is 32.2. The molecule has 0 spiro atoms. The molecular weight excluding hydrogens is 240 g/mol. The first kappa shape index (κ1) is 13.5. The highest BCUT2D eigenvalue weighted by Gasteiger charge is 2.16. The molecule has 4 N–H and O–H groups in total. The fourth-order valence-corrected chi connectivity index (χ4v) is 1.68. The van der Waals surface area contributed by atoms with E-state index >= 15 is 0 Å². The molecule has 1 amide bonds. The quantitative estimate of drug-likeness (QED) is 0.685. The predicted octanol–water partition coefficient (Wildman–Crippen LogP) is 1.15. The van der Waals surface area contributed by atoms with E-state index < -0.39 is 17.9 Å². The lowest BCUT2D eigenvalue weighted by molar-refractivity contribution is -0.138. The molecule has 6 heteroatoms. The molecule has 92 valence electrons. The number of carboxylic acids is 1. The Morgan fingerprint density at radius 1 is 1.53 bits per heavy atom. The molecule has 0 aliphatic heterocycles. The van der Waals surface area contributed by atoms with Crippen LogP contribution in [0, 0.1) is 0 Å². The predicted molar refractivity (Wildman–Crippen MR) is 67.1 cm³/mol. The SMILES string of the molecule is CSc1cccc(NC(=O)C(N)CC(=O)O)c1. The number of amides is 1. The Labute approximate surface area is 103 Å². The van der Waals surface area contributed by atoms with Crippen molar-refractivity contribution in [3.05, 3.63) is 24.3 Å². The minimum Gasteiger partial charge on any atom is -0.481 e. The molecule has 1 rings (SSSR count). The Kier molecular flexibility index (Phi) is 4.99. The van der Waals surface area contributed by atoms with Crippen LogP contribution >= 0.6 is 11.8 Å². The van der Waals surface area contributed by atoms with E-state index in [1.165, 1.54) is 0 Å². The lowest BCUT2D eigenvalue weighted by atomic mass is 10.2. The molecule has 0 bridgehead atoms. The fraction of sp³-hybridized carbons (Fsp3) is 0.273. The molecule has 0 fully saturated rings. The van der Waals surface area contributed by atoms with Crippen LogP contribution in [0.2, 0.25) is 0 Å². The topological polar surface area (TPSA) is 92.4 Å². The Bertz CT molecular complexity index is 423. The number of benzene rings is 1. The van der Waals surface area contributed by atoms with Gasteiger partial charge in [-0.05, 0) is 24.5 Å². The number of aliphatic carboxylic acids is 1. The zero-order chi connectivity index (χ0) is 12.8. The standard InChI is InChI=1S/C11H14N2O3S/c1-17-8-4-2-3-7(5-8)13-11(16)9(12)6-10(14)15/h2-5,9H,6,12H2,1H3,(H,13,16)(H,14,15). The van der Waals surface area contributed by atoms with Gasteiger partial charge in [0.15, 0.2) is 0 Å². The second-order valence-electron chi connectivity index (χ2n) is 3.43. The van der Waals surface area contributed by atoms with Gasteiger partial charge in [-0.25, -0.2) is 0 Å². The zero-order valence-electron chi connectivity index (χ0n) is 9.34. The van der Waals surface area contributed by atoms with Crippen LogP contribution in [0.25, 0.3) is 0 Å². The summed E-state index contributed by atoms with van der Waals surface area (Å²) >= 11 is 1.55. The summed E-state index contributed by atoms with van der Waals surface area (Å²) in [6.07, 6.45) is 1.55. The van der Waals surface area contributed by atoms with Gasteiger partial charge in [0.2, 0.25) is 5.91 Å². The molecule has 0 saturated carbocycles. The number of hydrogen-bond donors (Lipinski definition) is 3. The van der Waals surface area contributed by atoms with E-state index in [9.17, 15) is 9.59 Å². The van der Waals surface area contributed by atoms with Gasteiger partial charge in [0.1, 0.15) is 0 Å². The third-order valence-electron chi connectivity index (χ3n) is 2.07. The second kappa shape index (κ2) is 6.27. The van der Waals surface area contributed by atoms with Crippen molar-refractivity contribution < 1.29 is 14.7 Å². The van der Waals surface area contributed by atoms with Gasteiger partial charge in [0.05, 0.1) is 12.5 Å². The summed E-state index contributed by atoms with van der Waals surface area (Å²) in [6.45, 7) is 0. The van der Waals surface area contributed by atoms with Gasteiger partial charge in [-0.3, -0.25) is 9.59 Å². The monoisotopic (exact) mass is 254 g/mol. The van der Waals surface area contributed by atoms with Crippen LogP contribution in [0.5, 0.6) is 0 Å². The van der Waals surface area contributed by atoms with E-state index in [1.54, 1.807) is 23.9 Å². The second-order valence-corrected chi connectivity index (χ2v) is 4.31. The first-order valence-electron chi connectivity index (χ1n) is 4.95. The molecule has 1 aromatic rings. The third kappa shape index (κ3) is 4.46. The van der Waals surface area contributed by atoms with Crippen LogP contribution in [0.4, 0.5) is 5.69 Å². The van der Waals surface area contributed by atoms with Crippen molar-refractivity contribution in [1.82, 2.24) is 0 Å². The number of carboxylic acid groups (broad SMARTS) is 1. The number of carbonyl (C=O) groups excluding carboxylic acids is 1. The molecule has 1 unspecified atom stereocenters. The van der Waals surface area contributed by atoms with E-state index in [4.69, 9.17) is 10.8 Å². The molecule has 0 aliphatic carbocycles. The number of carbonyl (C=O) groups is 2. The summed E-state index contributed by atoms with van der Waals surface area (Å²) in [5, 5.41) is 11.1. The molecule has 1 aromatic carbocycles. The first-order valence-corrected chi connectivity index (χ1v) is 6.17. The van der Waals surface area contributed by atoms with Crippen molar-refractivity contribution in [1.29, 1.82) is 0 Å². The van der Waals surface area contributed by atoms with Gasteiger partial charge in [-0.15, -0.1) is 11.8 Å². The van der Waals surface area contributed by atoms with Crippen molar-refractivity contribution in [3.63, 3.8) is 0 Å². The maximum atomic E-state index is 11.5. The van der Waals surface area contributed by atoms with E-state index in [0.717, 1.165) is 4.90 Å². The minimum absolute atomic E-state index is 0.381. The van der Waals surface area contributed by atoms with Crippen LogP contribution in [0.15, 0.2) is 29.2 Å². The maximum Gasteiger partial charge on any atom is 0.305 e. The third-order valence-corrected chi connectivity index (χ3v) is 2.79. The Morgan fingerprint density at radius 3 is 2.82 bits per heavy atom. The van der Waals surface area contributed by atoms with E-state index in [0.29, 0.717) is 5.69 Å². The molecule has 0 aromatic heterocycles.